The molecule has 0 aromatic heterocycles. The van der Waals surface area contributed by atoms with E-state index in [1.807, 2.05) is 30.3 Å². The highest BCUT2D eigenvalue weighted by molar-refractivity contribution is 6.07. The van der Waals surface area contributed by atoms with Crippen LogP contribution in [-0.4, -0.2) is 18.0 Å². The molecule has 0 amide bonds. The van der Waals surface area contributed by atoms with Gasteiger partial charge in [-0.15, -0.1) is 0 Å². The molecule has 0 saturated heterocycles. The van der Waals surface area contributed by atoms with Crippen molar-refractivity contribution in [1.29, 1.82) is 0 Å². The van der Waals surface area contributed by atoms with Crippen molar-refractivity contribution < 1.29 is 19.4 Å². The number of rotatable bonds is 8. The minimum absolute atomic E-state index is 0.0695. The van der Waals surface area contributed by atoms with Crippen LogP contribution in [0.2, 0.25) is 0 Å². The van der Waals surface area contributed by atoms with Gasteiger partial charge >= 0.3 is 0 Å². The predicted octanol–water partition coefficient (Wildman–Crippen LogP) is 5.44. The van der Waals surface area contributed by atoms with Crippen molar-refractivity contribution in [3.8, 4) is 17.2 Å². The van der Waals surface area contributed by atoms with Gasteiger partial charge in [0.05, 0.1) is 7.11 Å². The number of hydrogen-bond donors (Lipinski definition) is 1. The second-order valence-corrected chi connectivity index (χ2v) is 6.61. The first kappa shape index (κ1) is 20.2. The number of benzene rings is 3. The van der Waals surface area contributed by atoms with Crippen LogP contribution >= 0.6 is 0 Å². The van der Waals surface area contributed by atoms with E-state index in [0.29, 0.717) is 12.2 Å². The highest BCUT2D eigenvalue weighted by Crippen LogP contribution is 2.23. The topological polar surface area (TPSA) is 55.8 Å². The zero-order chi connectivity index (χ0) is 20.6. The maximum absolute atomic E-state index is 12.3. The molecule has 3 aromatic carbocycles. The third-order valence-corrected chi connectivity index (χ3v) is 4.59. The summed E-state index contributed by atoms with van der Waals surface area (Å²) in [6.45, 7) is 2.47. The fraction of sp³-hybridized carbons (Fsp3) is 0.160. The fourth-order valence-electron chi connectivity index (χ4n) is 2.92. The third-order valence-electron chi connectivity index (χ3n) is 4.59. The smallest absolute Gasteiger partial charge is 0.185 e. The van der Waals surface area contributed by atoms with Crippen molar-refractivity contribution >= 4 is 11.9 Å². The minimum Gasteiger partial charge on any atom is -0.508 e. The van der Waals surface area contributed by atoms with Gasteiger partial charge in [0.2, 0.25) is 0 Å². The lowest BCUT2D eigenvalue weighted by Crippen LogP contribution is -1.99. The van der Waals surface area contributed by atoms with Gasteiger partial charge in [-0.2, -0.15) is 0 Å². The summed E-state index contributed by atoms with van der Waals surface area (Å²) in [4.78, 5) is 12.3. The predicted molar refractivity (Wildman–Crippen MR) is 115 cm³/mol. The molecule has 0 spiro atoms. The highest BCUT2D eigenvalue weighted by Gasteiger charge is 2.07. The van der Waals surface area contributed by atoms with E-state index in [9.17, 15) is 9.90 Å². The van der Waals surface area contributed by atoms with Crippen LogP contribution in [0.5, 0.6) is 17.2 Å². The number of aromatic hydroxyl groups is 1. The lowest BCUT2D eigenvalue weighted by Gasteiger charge is -2.11. The van der Waals surface area contributed by atoms with Crippen LogP contribution in [-0.2, 0) is 13.0 Å². The molecule has 0 aliphatic rings. The number of carbonyl (C=O) groups is 1. The van der Waals surface area contributed by atoms with E-state index in [0.717, 1.165) is 29.0 Å². The van der Waals surface area contributed by atoms with Gasteiger partial charge in [0.25, 0.3) is 0 Å². The highest BCUT2D eigenvalue weighted by atomic mass is 16.5. The number of ketones is 1. The Kier molecular flexibility index (Phi) is 6.69. The molecule has 0 aliphatic carbocycles. The Balaban J connectivity index is 1.72. The molecule has 0 unspecified atom stereocenters. The number of allylic oxidation sites excluding steroid dienone is 1. The quantitative estimate of drug-likeness (QED) is 0.412. The summed E-state index contributed by atoms with van der Waals surface area (Å²) >= 11 is 0. The molecular weight excluding hydrogens is 364 g/mol. The van der Waals surface area contributed by atoms with Gasteiger partial charge in [0, 0.05) is 11.1 Å². The fourth-order valence-corrected chi connectivity index (χ4v) is 2.92. The number of ether oxygens (including phenoxy) is 2. The standard InChI is InChI=1S/C25H24O4/c1-3-18-7-11-23(12-8-18)29-17-21-15-19(10-14-25(21)28-2)9-13-24(27)20-5-4-6-22(26)16-20/h4-16,26H,3,17H2,1-2H3/b13-9+. The number of methoxy groups -OCH3 is 1. The average Bonchev–Trinajstić information content (AvgIpc) is 2.76. The first-order valence-electron chi connectivity index (χ1n) is 9.49. The van der Waals surface area contributed by atoms with Crippen LogP contribution in [0.3, 0.4) is 0 Å². The number of phenols is 1. The van der Waals surface area contributed by atoms with Gasteiger partial charge < -0.3 is 14.6 Å². The van der Waals surface area contributed by atoms with Crippen molar-refractivity contribution in [2.45, 2.75) is 20.0 Å². The van der Waals surface area contributed by atoms with E-state index in [-0.39, 0.29) is 11.5 Å². The van der Waals surface area contributed by atoms with E-state index >= 15 is 0 Å². The molecule has 3 aromatic rings. The van der Waals surface area contributed by atoms with Crippen molar-refractivity contribution in [2.75, 3.05) is 7.11 Å². The number of phenolic OH excluding ortho intramolecular Hbond substituents is 1. The van der Waals surface area contributed by atoms with Crippen LogP contribution < -0.4 is 9.47 Å². The van der Waals surface area contributed by atoms with E-state index in [2.05, 4.69) is 19.1 Å². The first-order chi connectivity index (χ1) is 14.1. The molecular formula is C25H24O4. The molecule has 0 heterocycles. The molecule has 1 N–H and O–H groups in total. The van der Waals surface area contributed by atoms with Gasteiger partial charge in [-0.25, -0.2) is 0 Å². The zero-order valence-electron chi connectivity index (χ0n) is 16.6. The zero-order valence-corrected chi connectivity index (χ0v) is 16.6. The van der Waals surface area contributed by atoms with E-state index in [4.69, 9.17) is 9.47 Å². The number of carbonyl (C=O) groups excluding carboxylic acids is 1. The average molecular weight is 388 g/mol. The third kappa shape index (κ3) is 5.48. The van der Waals surface area contributed by atoms with Crippen LogP contribution in [0.4, 0.5) is 0 Å². The van der Waals surface area contributed by atoms with Crippen molar-refractivity contribution in [3.05, 3.63) is 95.1 Å². The van der Waals surface area contributed by atoms with Crippen molar-refractivity contribution in [1.82, 2.24) is 0 Å². The molecule has 0 atom stereocenters. The van der Waals surface area contributed by atoms with Crippen molar-refractivity contribution in [3.63, 3.8) is 0 Å². The summed E-state index contributed by atoms with van der Waals surface area (Å²) in [5.41, 5.74) is 3.45. The Labute approximate surface area is 171 Å². The Hall–Kier alpha value is -3.53. The maximum atomic E-state index is 12.3. The molecule has 4 nitrogen and oxygen atoms in total. The Morgan fingerprint density at radius 3 is 2.52 bits per heavy atom. The van der Waals surface area contributed by atoms with Gasteiger partial charge in [0.1, 0.15) is 23.9 Å². The molecule has 0 saturated carbocycles. The van der Waals surface area contributed by atoms with Crippen LogP contribution in [0, 0.1) is 0 Å². The van der Waals surface area contributed by atoms with E-state index in [1.165, 1.54) is 23.8 Å². The van der Waals surface area contributed by atoms with Gasteiger partial charge in [-0.3, -0.25) is 4.79 Å². The normalized spacial score (nSPS) is 10.8. The largest absolute Gasteiger partial charge is 0.508 e. The first-order valence-corrected chi connectivity index (χ1v) is 9.49. The minimum atomic E-state index is -0.175. The Morgan fingerprint density at radius 2 is 1.83 bits per heavy atom. The van der Waals surface area contributed by atoms with Gasteiger partial charge in [-0.05, 0) is 60.0 Å². The summed E-state index contributed by atoms with van der Waals surface area (Å²) in [6.07, 6.45) is 4.22. The Bertz CT molecular complexity index is 1000. The van der Waals surface area contributed by atoms with E-state index < -0.39 is 0 Å². The summed E-state index contributed by atoms with van der Waals surface area (Å²) in [5, 5.41) is 9.52. The summed E-state index contributed by atoms with van der Waals surface area (Å²) in [6, 6.07) is 20.0. The van der Waals surface area contributed by atoms with Crippen LogP contribution in [0.1, 0.15) is 34.0 Å². The number of aryl methyl sites for hydroxylation is 1. The Morgan fingerprint density at radius 1 is 1.03 bits per heavy atom. The second kappa shape index (κ2) is 9.60. The molecule has 0 aliphatic heterocycles. The van der Waals surface area contributed by atoms with Gasteiger partial charge in [0.15, 0.2) is 5.78 Å². The number of hydrogen-bond acceptors (Lipinski definition) is 4. The molecule has 0 fully saturated rings. The van der Waals surface area contributed by atoms with Gasteiger partial charge in [-0.1, -0.05) is 43.3 Å². The molecule has 3 rings (SSSR count). The lowest BCUT2D eigenvalue weighted by molar-refractivity contribution is 0.104. The van der Waals surface area contributed by atoms with Crippen LogP contribution in [0.15, 0.2) is 72.8 Å². The lowest BCUT2D eigenvalue weighted by atomic mass is 10.1. The summed E-state index contributed by atoms with van der Waals surface area (Å²) in [7, 11) is 1.62. The molecule has 0 bridgehead atoms. The molecule has 148 valence electrons. The maximum Gasteiger partial charge on any atom is 0.185 e. The SMILES string of the molecule is CCc1ccc(OCc2cc(/C=C/C(=O)c3cccc(O)c3)ccc2OC)cc1. The second-order valence-electron chi connectivity index (χ2n) is 6.61. The monoisotopic (exact) mass is 388 g/mol. The molecule has 4 heteroatoms. The summed E-state index contributed by atoms with van der Waals surface area (Å²) < 4.78 is 11.3. The summed E-state index contributed by atoms with van der Waals surface area (Å²) in [5.74, 6) is 1.42. The molecule has 0 radical (unpaired) electrons. The van der Waals surface area contributed by atoms with Crippen LogP contribution in [0.25, 0.3) is 6.08 Å². The molecule has 29 heavy (non-hydrogen) atoms. The van der Waals surface area contributed by atoms with E-state index in [1.54, 1.807) is 25.3 Å². The van der Waals surface area contributed by atoms with Crippen molar-refractivity contribution in [2.24, 2.45) is 0 Å².